The molecule has 140 valence electrons. The maximum atomic E-state index is 12.4. The number of piperidine rings is 1. The first-order valence-corrected chi connectivity index (χ1v) is 9.11. The molecule has 5 nitrogen and oxygen atoms in total. The van der Waals surface area contributed by atoms with Crippen LogP contribution in [0.4, 0.5) is 10.5 Å². The average Bonchev–Trinajstić information content (AvgIpc) is 2.48. The summed E-state index contributed by atoms with van der Waals surface area (Å²) >= 11 is 0. The Morgan fingerprint density at radius 2 is 2.00 bits per heavy atom. The first kappa shape index (κ1) is 19.4. The van der Waals surface area contributed by atoms with Crippen LogP contribution in [0.3, 0.4) is 0 Å². The summed E-state index contributed by atoms with van der Waals surface area (Å²) in [6, 6.07) is 4.02. The lowest BCUT2D eigenvalue weighted by atomic mass is 9.87. The molecule has 2 N–H and O–H groups in total. The van der Waals surface area contributed by atoms with Crippen molar-refractivity contribution in [2.24, 2.45) is 0 Å². The number of amides is 1. The molecule has 1 heterocycles. The van der Waals surface area contributed by atoms with Crippen molar-refractivity contribution in [3.05, 3.63) is 23.3 Å². The number of nitrogen functional groups attached to an aromatic ring is 1. The minimum absolute atomic E-state index is 0.0717. The van der Waals surface area contributed by atoms with Crippen LogP contribution in [0.5, 0.6) is 5.75 Å². The molecular weight excluding hydrogens is 316 g/mol. The van der Waals surface area contributed by atoms with Crippen LogP contribution in [0.1, 0.15) is 64.5 Å². The van der Waals surface area contributed by atoms with Crippen LogP contribution in [0, 0.1) is 6.92 Å². The number of hydrogen-bond donors (Lipinski definition) is 1. The number of ether oxygens (including phenoxy) is 2. The summed E-state index contributed by atoms with van der Waals surface area (Å²) in [5.74, 6) is 1.00. The molecule has 0 aromatic heterocycles. The highest BCUT2D eigenvalue weighted by Crippen LogP contribution is 2.35. The van der Waals surface area contributed by atoms with Gasteiger partial charge in [-0.1, -0.05) is 0 Å². The van der Waals surface area contributed by atoms with Crippen LogP contribution in [-0.2, 0) is 4.74 Å². The molecule has 5 heteroatoms. The van der Waals surface area contributed by atoms with Crippen molar-refractivity contribution in [2.75, 3.05) is 18.8 Å². The lowest BCUT2D eigenvalue weighted by Crippen LogP contribution is -2.42. The fourth-order valence-corrected chi connectivity index (χ4v) is 3.25. The molecule has 0 saturated carbocycles. The van der Waals surface area contributed by atoms with E-state index in [-0.39, 0.29) is 18.1 Å². The molecule has 1 aromatic carbocycles. The number of anilines is 1. The van der Waals surface area contributed by atoms with Gasteiger partial charge in [0.25, 0.3) is 0 Å². The number of hydrogen-bond acceptors (Lipinski definition) is 4. The maximum Gasteiger partial charge on any atom is 0.410 e. The van der Waals surface area contributed by atoms with Crippen LogP contribution in [0.2, 0.25) is 0 Å². The number of carbonyl (C=O) groups excluding carboxylic acids is 1. The number of benzene rings is 1. The third kappa shape index (κ3) is 5.28. The Labute approximate surface area is 151 Å². The SMILES string of the molecule is Cc1cc(N)c(OC(C)C)cc1C1CCCN(C(=O)OC(C)(C)C)C1. The van der Waals surface area contributed by atoms with E-state index in [1.807, 2.05) is 51.7 Å². The first-order chi connectivity index (χ1) is 11.6. The number of nitrogens with two attached hydrogens (primary N) is 1. The quantitative estimate of drug-likeness (QED) is 0.818. The van der Waals surface area contributed by atoms with E-state index in [0.29, 0.717) is 12.2 Å². The smallest absolute Gasteiger partial charge is 0.410 e. The van der Waals surface area contributed by atoms with E-state index < -0.39 is 5.60 Å². The summed E-state index contributed by atoms with van der Waals surface area (Å²) in [6.07, 6.45) is 1.85. The summed E-state index contributed by atoms with van der Waals surface area (Å²) < 4.78 is 11.4. The van der Waals surface area contributed by atoms with Gasteiger partial charge < -0.3 is 20.1 Å². The summed E-state index contributed by atoms with van der Waals surface area (Å²) in [7, 11) is 0. The highest BCUT2D eigenvalue weighted by molar-refractivity contribution is 5.68. The zero-order valence-electron chi connectivity index (χ0n) is 16.4. The number of rotatable bonds is 3. The van der Waals surface area contributed by atoms with Gasteiger partial charge >= 0.3 is 6.09 Å². The minimum atomic E-state index is -0.473. The van der Waals surface area contributed by atoms with E-state index in [1.165, 1.54) is 5.56 Å². The van der Waals surface area contributed by atoms with Crippen LogP contribution >= 0.6 is 0 Å². The molecule has 25 heavy (non-hydrogen) atoms. The second-order valence-corrected chi connectivity index (χ2v) is 8.18. The monoisotopic (exact) mass is 348 g/mol. The largest absolute Gasteiger partial charge is 0.489 e. The zero-order chi connectivity index (χ0) is 18.8. The standard InChI is InChI=1S/C20H32N2O3/c1-13(2)24-18-11-16(14(3)10-17(18)21)15-8-7-9-22(12-15)19(23)25-20(4,5)6/h10-11,13,15H,7-9,12,21H2,1-6H3. The molecule has 2 rings (SSSR count). The van der Waals surface area contributed by atoms with Gasteiger partial charge in [-0.05, 0) is 77.6 Å². The second kappa shape index (κ2) is 7.54. The van der Waals surface area contributed by atoms with E-state index in [4.69, 9.17) is 15.2 Å². The van der Waals surface area contributed by atoms with E-state index in [1.54, 1.807) is 0 Å². The Balaban J connectivity index is 2.19. The molecule has 0 bridgehead atoms. The zero-order valence-corrected chi connectivity index (χ0v) is 16.4. The Morgan fingerprint density at radius 1 is 1.32 bits per heavy atom. The van der Waals surface area contributed by atoms with Crippen LogP contribution in [0.15, 0.2) is 12.1 Å². The van der Waals surface area contributed by atoms with E-state index in [2.05, 4.69) is 6.92 Å². The van der Waals surface area contributed by atoms with Crippen molar-refractivity contribution < 1.29 is 14.3 Å². The first-order valence-electron chi connectivity index (χ1n) is 9.11. The molecule has 1 aliphatic rings. The molecule has 1 atom stereocenters. The fourth-order valence-electron chi connectivity index (χ4n) is 3.25. The number of nitrogens with zero attached hydrogens (tertiary/aromatic N) is 1. The van der Waals surface area contributed by atoms with Crippen LogP contribution in [-0.4, -0.2) is 35.8 Å². The van der Waals surface area contributed by atoms with Gasteiger partial charge in [-0.3, -0.25) is 0 Å². The predicted molar refractivity (Wildman–Crippen MR) is 101 cm³/mol. The predicted octanol–water partition coefficient (Wildman–Crippen LogP) is 4.48. The third-order valence-corrected chi connectivity index (χ3v) is 4.27. The molecule has 0 spiro atoms. The Kier molecular flexibility index (Phi) is 5.86. The molecular formula is C20H32N2O3. The molecule has 1 saturated heterocycles. The van der Waals surface area contributed by atoms with Gasteiger partial charge in [0.15, 0.2) is 0 Å². The molecule has 0 aliphatic carbocycles. The van der Waals surface area contributed by atoms with E-state index in [9.17, 15) is 4.79 Å². The number of aryl methyl sites for hydroxylation is 1. The molecule has 1 aliphatic heterocycles. The molecule has 1 amide bonds. The van der Waals surface area contributed by atoms with Gasteiger partial charge in [-0.15, -0.1) is 0 Å². The summed E-state index contributed by atoms with van der Waals surface area (Å²) in [4.78, 5) is 14.2. The van der Waals surface area contributed by atoms with Gasteiger partial charge in [0.2, 0.25) is 0 Å². The third-order valence-electron chi connectivity index (χ3n) is 4.27. The highest BCUT2D eigenvalue weighted by atomic mass is 16.6. The van der Waals surface area contributed by atoms with Crippen molar-refractivity contribution in [1.82, 2.24) is 4.90 Å². The number of carbonyl (C=O) groups is 1. The van der Waals surface area contributed by atoms with Gasteiger partial charge in [0.1, 0.15) is 11.4 Å². The highest BCUT2D eigenvalue weighted by Gasteiger charge is 2.29. The Bertz CT molecular complexity index is 620. The Morgan fingerprint density at radius 3 is 2.60 bits per heavy atom. The van der Waals surface area contributed by atoms with Crippen molar-refractivity contribution in [3.8, 4) is 5.75 Å². The normalized spacial score (nSPS) is 18.4. The topological polar surface area (TPSA) is 64.8 Å². The van der Waals surface area contributed by atoms with Crippen LogP contribution in [0.25, 0.3) is 0 Å². The van der Waals surface area contributed by atoms with Crippen LogP contribution < -0.4 is 10.5 Å². The summed E-state index contributed by atoms with van der Waals surface area (Å²) in [5, 5.41) is 0. The Hall–Kier alpha value is -1.91. The van der Waals surface area contributed by atoms with Crippen molar-refractivity contribution in [3.63, 3.8) is 0 Å². The number of likely N-dealkylation sites (tertiary alicyclic amines) is 1. The van der Waals surface area contributed by atoms with Gasteiger partial charge in [-0.25, -0.2) is 4.79 Å². The second-order valence-electron chi connectivity index (χ2n) is 8.18. The maximum absolute atomic E-state index is 12.4. The van der Waals surface area contributed by atoms with Crippen molar-refractivity contribution >= 4 is 11.8 Å². The molecule has 1 aromatic rings. The van der Waals surface area contributed by atoms with Gasteiger partial charge in [0, 0.05) is 19.0 Å². The molecule has 1 unspecified atom stereocenters. The minimum Gasteiger partial charge on any atom is -0.489 e. The van der Waals surface area contributed by atoms with E-state index in [0.717, 1.165) is 30.7 Å². The van der Waals surface area contributed by atoms with E-state index >= 15 is 0 Å². The lowest BCUT2D eigenvalue weighted by Gasteiger charge is -2.35. The van der Waals surface area contributed by atoms with Gasteiger partial charge in [-0.2, -0.15) is 0 Å². The summed E-state index contributed by atoms with van der Waals surface area (Å²) in [5.41, 5.74) is 8.64. The molecule has 0 radical (unpaired) electrons. The van der Waals surface area contributed by atoms with Crippen molar-refractivity contribution in [1.29, 1.82) is 0 Å². The average molecular weight is 348 g/mol. The molecule has 1 fully saturated rings. The summed E-state index contributed by atoms with van der Waals surface area (Å²) in [6.45, 7) is 13.1. The fraction of sp³-hybridized carbons (Fsp3) is 0.650. The lowest BCUT2D eigenvalue weighted by molar-refractivity contribution is 0.0198. The van der Waals surface area contributed by atoms with Gasteiger partial charge in [0.05, 0.1) is 11.8 Å². The van der Waals surface area contributed by atoms with Crippen molar-refractivity contribution in [2.45, 2.75) is 72.0 Å².